The van der Waals surface area contributed by atoms with Crippen LogP contribution in [0.5, 0.6) is 0 Å². The quantitative estimate of drug-likeness (QED) is 0.318. The summed E-state index contributed by atoms with van der Waals surface area (Å²) in [6, 6.07) is 0. The van der Waals surface area contributed by atoms with Crippen molar-refractivity contribution in [1.29, 1.82) is 0 Å². The van der Waals surface area contributed by atoms with Gasteiger partial charge in [0.25, 0.3) is 0 Å². The first-order valence-electron chi connectivity index (χ1n) is 3.19. The summed E-state index contributed by atoms with van der Waals surface area (Å²) in [6.07, 6.45) is 0. The Kier molecular flexibility index (Phi) is 3.89. The van der Waals surface area contributed by atoms with Crippen LogP contribution in [0.4, 0.5) is 0 Å². The summed E-state index contributed by atoms with van der Waals surface area (Å²) in [4.78, 5) is 2.68. The minimum atomic E-state index is 0.501. The molecule has 0 aromatic heterocycles. The predicted octanol–water partition coefficient (Wildman–Crippen LogP) is 2.59. The van der Waals surface area contributed by atoms with Gasteiger partial charge in [0.1, 0.15) is 0 Å². The summed E-state index contributed by atoms with van der Waals surface area (Å²) in [5.74, 6) is 1.11. The van der Waals surface area contributed by atoms with Gasteiger partial charge in [0.15, 0.2) is 0 Å². The van der Waals surface area contributed by atoms with E-state index >= 15 is 0 Å². The fraction of sp³-hybridized carbons (Fsp3) is 1.00. The second-order valence-electron chi connectivity index (χ2n) is 2.63. The third-order valence-electron chi connectivity index (χ3n) is 1.57. The van der Waals surface area contributed by atoms with Crippen LogP contribution in [0.2, 0.25) is 0 Å². The van der Waals surface area contributed by atoms with Crippen molar-refractivity contribution < 1.29 is 0 Å². The lowest BCUT2D eigenvalue weighted by Crippen LogP contribution is -2.06. The molecule has 0 aliphatic rings. The number of rotatable bonds is 3. The van der Waals surface area contributed by atoms with Gasteiger partial charge < -0.3 is 0 Å². The standard InChI is InChI=1S/C6H13N3/c1-5(2)6(3)4-8-9-7/h5-6H,4H2,1-3H3. The van der Waals surface area contributed by atoms with Gasteiger partial charge in [-0.25, -0.2) is 0 Å². The molecular weight excluding hydrogens is 114 g/mol. The monoisotopic (exact) mass is 127 g/mol. The van der Waals surface area contributed by atoms with Gasteiger partial charge >= 0.3 is 0 Å². The Labute approximate surface area is 55.7 Å². The van der Waals surface area contributed by atoms with E-state index in [1.807, 2.05) is 0 Å². The van der Waals surface area contributed by atoms with Gasteiger partial charge in [0.2, 0.25) is 0 Å². The summed E-state index contributed by atoms with van der Waals surface area (Å²) in [5.41, 5.74) is 7.96. The molecule has 0 N–H and O–H groups in total. The van der Waals surface area contributed by atoms with Crippen LogP contribution in [0.25, 0.3) is 10.4 Å². The first-order chi connectivity index (χ1) is 4.18. The van der Waals surface area contributed by atoms with Crippen molar-refractivity contribution in [3.8, 4) is 0 Å². The molecule has 0 bridgehead atoms. The van der Waals surface area contributed by atoms with E-state index in [4.69, 9.17) is 5.53 Å². The maximum atomic E-state index is 7.96. The van der Waals surface area contributed by atoms with E-state index < -0.39 is 0 Å². The highest BCUT2D eigenvalue weighted by molar-refractivity contribution is 4.59. The lowest BCUT2D eigenvalue weighted by atomic mass is 9.99. The van der Waals surface area contributed by atoms with Crippen molar-refractivity contribution in [3.63, 3.8) is 0 Å². The molecule has 3 nitrogen and oxygen atoms in total. The second-order valence-corrected chi connectivity index (χ2v) is 2.63. The molecule has 0 saturated carbocycles. The maximum Gasteiger partial charge on any atom is 0.0286 e. The molecule has 1 atom stereocenters. The first-order valence-corrected chi connectivity index (χ1v) is 3.19. The Morgan fingerprint density at radius 2 is 2.00 bits per heavy atom. The van der Waals surface area contributed by atoms with E-state index in [1.54, 1.807) is 0 Å². The van der Waals surface area contributed by atoms with E-state index in [0.29, 0.717) is 18.4 Å². The number of azide groups is 1. The van der Waals surface area contributed by atoms with Gasteiger partial charge in [0.05, 0.1) is 0 Å². The minimum Gasteiger partial charge on any atom is -0.0937 e. The zero-order chi connectivity index (χ0) is 7.28. The van der Waals surface area contributed by atoms with Crippen LogP contribution in [0.3, 0.4) is 0 Å². The average molecular weight is 127 g/mol. The highest BCUT2D eigenvalue weighted by atomic mass is 15.1. The van der Waals surface area contributed by atoms with Crippen LogP contribution in [0, 0.1) is 11.8 Å². The van der Waals surface area contributed by atoms with Gasteiger partial charge in [-0.1, -0.05) is 25.9 Å². The predicted molar refractivity (Wildman–Crippen MR) is 38.0 cm³/mol. The lowest BCUT2D eigenvalue weighted by molar-refractivity contribution is 0.429. The number of nitrogens with zero attached hydrogens (tertiary/aromatic N) is 3. The molecule has 0 aromatic rings. The van der Waals surface area contributed by atoms with Crippen LogP contribution in [-0.4, -0.2) is 6.54 Å². The molecule has 0 rings (SSSR count). The molecule has 1 unspecified atom stereocenters. The molecule has 0 amide bonds. The van der Waals surface area contributed by atoms with Crippen LogP contribution in [0.1, 0.15) is 20.8 Å². The molecule has 3 heteroatoms. The molecule has 0 aliphatic carbocycles. The van der Waals surface area contributed by atoms with Crippen LogP contribution >= 0.6 is 0 Å². The smallest absolute Gasteiger partial charge is 0.0286 e. The van der Waals surface area contributed by atoms with E-state index in [2.05, 4.69) is 30.8 Å². The number of hydrogen-bond donors (Lipinski definition) is 0. The fourth-order valence-corrected chi connectivity index (χ4v) is 0.376. The molecule has 0 spiro atoms. The summed E-state index contributed by atoms with van der Waals surface area (Å²) in [6.45, 7) is 6.95. The summed E-state index contributed by atoms with van der Waals surface area (Å²) in [5, 5.41) is 3.47. The van der Waals surface area contributed by atoms with Gasteiger partial charge in [-0.15, -0.1) is 0 Å². The maximum absolute atomic E-state index is 7.96. The molecule has 9 heavy (non-hydrogen) atoms. The van der Waals surface area contributed by atoms with Crippen molar-refractivity contribution in [2.75, 3.05) is 6.54 Å². The fourth-order valence-electron chi connectivity index (χ4n) is 0.376. The molecule has 0 aromatic carbocycles. The summed E-state index contributed by atoms with van der Waals surface area (Å²) >= 11 is 0. The lowest BCUT2D eigenvalue weighted by Gasteiger charge is -2.10. The van der Waals surface area contributed by atoms with Crippen molar-refractivity contribution in [2.24, 2.45) is 17.0 Å². The van der Waals surface area contributed by atoms with E-state index in [1.165, 1.54) is 0 Å². The molecule has 0 aliphatic heterocycles. The number of hydrogen-bond acceptors (Lipinski definition) is 1. The normalized spacial score (nSPS) is 12.9. The van der Waals surface area contributed by atoms with Crippen molar-refractivity contribution >= 4 is 0 Å². The Balaban J connectivity index is 3.49. The summed E-state index contributed by atoms with van der Waals surface area (Å²) in [7, 11) is 0. The Morgan fingerprint density at radius 1 is 1.44 bits per heavy atom. The molecular formula is C6H13N3. The Hall–Kier alpha value is -0.690. The zero-order valence-electron chi connectivity index (χ0n) is 6.20. The second kappa shape index (κ2) is 4.21. The molecule has 52 valence electrons. The highest BCUT2D eigenvalue weighted by Crippen LogP contribution is 2.08. The van der Waals surface area contributed by atoms with Crippen molar-refractivity contribution in [3.05, 3.63) is 10.4 Å². The largest absolute Gasteiger partial charge is 0.0937 e. The van der Waals surface area contributed by atoms with E-state index in [0.717, 1.165) is 0 Å². The van der Waals surface area contributed by atoms with Crippen molar-refractivity contribution in [1.82, 2.24) is 0 Å². The van der Waals surface area contributed by atoms with Crippen molar-refractivity contribution in [2.45, 2.75) is 20.8 Å². The van der Waals surface area contributed by atoms with Crippen LogP contribution in [-0.2, 0) is 0 Å². The third kappa shape index (κ3) is 3.86. The topological polar surface area (TPSA) is 48.8 Å². The van der Waals surface area contributed by atoms with Gasteiger partial charge in [0, 0.05) is 11.5 Å². The van der Waals surface area contributed by atoms with Gasteiger partial charge in [-0.3, -0.25) is 0 Å². The molecule has 0 fully saturated rings. The third-order valence-corrected chi connectivity index (χ3v) is 1.57. The highest BCUT2D eigenvalue weighted by Gasteiger charge is 2.03. The molecule has 0 saturated heterocycles. The van der Waals surface area contributed by atoms with Gasteiger partial charge in [-0.05, 0) is 17.4 Å². The minimum absolute atomic E-state index is 0.501. The van der Waals surface area contributed by atoms with E-state index in [9.17, 15) is 0 Å². The molecule has 0 heterocycles. The summed E-state index contributed by atoms with van der Waals surface area (Å²) < 4.78 is 0. The SMILES string of the molecule is CC(C)C(C)CN=[N+]=[N-]. The Morgan fingerprint density at radius 3 is 2.33 bits per heavy atom. The van der Waals surface area contributed by atoms with Crippen LogP contribution < -0.4 is 0 Å². The Bertz CT molecular complexity index is 113. The van der Waals surface area contributed by atoms with E-state index in [-0.39, 0.29) is 0 Å². The molecule has 0 radical (unpaired) electrons. The van der Waals surface area contributed by atoms with Crippen LogP contribution in [0.15, 0.2) is 5.11 Å². The average Bonchev–Trinajstić information content (AvgIpc) is 1.82. The van der Waals surface area contributed by atoms with Gasteiger partial charge in [-0.2, -0.15) is 0 Å². The first kappa shape index (κ1) is 8.31. The zero-order valence-corrected chi connectivity index (χ0v) is 6.20.